The van der Waals surface area contributed by atoms with Gasteiger partial charge in [0.1, 0.15) is 6.04 Å². The molecule has 0 saturated carbocycles. The normalized spacial score (nSPS) is 31.2. The van der Waals surface area contributed by atoms with Crippen molar-refractivity contribution in [2.75, 3.05) is 19.6 Å². The molecule has 0 aromatic heterocycles. The van der Waals surface area contributed by atoms with Crippen molar-refractivity contribution in [1.82, 2.24) is 8.61 Å². The lowest BCUT2D eigenvalue weighted by Gasteiger charge is -2.38. The Morgan fingerprint density at radius 1 is 1.11 bits per heavy atom. The van der Waals surface area contributed by atoms with Crippen molar-refractivity contribution in [3.8, 4) is 0 Å². The second kappa shape index (κ2) is 5.74. The highest BCUT2D eigenvalue weighted by Crippen LogP contribution is 2.25. The third-order valence-electron chi connectivity index (χ3n) is 3.72. The molecule has 2 rings (SSSR count). The van der Waals surface area contributed by atoms with Gasteiger partial charge in [0.25, 0.3) is 10.2 Å². The Balaban J connectivity index is 2.19. The standard InChI is InChI=1S/C11H20N2O5S/c14-9-4-3-6-12(8-9)19(17,18)13-7-2-1-5-10(13)11(15)16/h9-10,14H,1-8H2,(H,15,16). The van der Waals surface area contributed by atoms with Crippen LogP contribution >= 0.6 is 0 Å². The van der Waals surface area contributed by atoms with Crippen molar-refractivity contribution in [3.05, 3.63) is 0 Å². The predicted molar refractivity (Wildman–Crippen MR) is 67.7 cm³/mol. The molecule has 110 valence electrons. The zero-order valence-corrected chi connectivity index (χ0v) is 11.5. The minimum atomic E-state index is -3.79. The van der Waals surface area contributed by atoms with E-state index in [-0.39, 0.29) is 13.1 Å². The summed E-state index contributed by atoms with van der Waals surface area (Å²) in [6.07, 6.45) is 2.30. The molecule has 0 aliphatic carbocycles. The Kier molecular flexibility index (Phi) is 4.44. The van der Waals surface area contributed by atoms with Crippen LogP contribution in [0.3, 0.4) is 0 Å². The summed E-state index contributed by atoms with van der Waals surface area (Å²) >= 11 is 0. The highest BCUT2D eigenvalue weighted by molar-refractivity contribution is 7.86. The van der Waals surface area contributed by atoms with Crippen LogP contribution in [-0.2, 0) is 15.0 Å². The van der Waals surface area contributed by atoms with E-state index >= 15 is 0 Å². The minimum Gasteiger partial charge on any atom is -0.480 e. The first kappa shape index (κ1) is 14.7. The Labute approximate surface area is 113 Å². The van der Waals surface area contributed by atoms with E-state index in [1.54, 1.807) is 0 Å². The van der Waals surface area contributed by atoms with Gasteiger partial charge in [0.05, 0.1) is 6.10 Å². The summed E-state index contributed by atoms with van der Waals surface area (Å²) < 4.78 is 27.2. The Morgan fingerprint density at radius 3 is 2.47 bits per heavy atom. The van der Waals surface area contributed by atoms with Crippen LogP contribution in [0.1, 0.15) is 32.1 Å². The van der Waals surface area contributed by atoms with Crippen LogP contribution in [-0.4, -0.2) is 65.0 Å². The average molecular weight is 292 g/mol. The number of hydrogen-bond acceptors (Lipinski definition) is 4. The maximum absolute atomic E-state index is 12.5. The number of aliphatic carboxylic acids is 1. The first-order valence-electron chi connectivity index (χ1n) is 6.60. The van der Waals surface area contributed by atoms with Gasteiger partial charge in [-0.15, -0.1) is 0 Å². The number of β-amino-alcohol motifs (C(OH)–C–C–N with tert-alkyl or cyclic N) is 1. The second-order valence-electron chi connectivity index (χ2n) is 5.12. The maximum Gasteiger partial charge on any atom is 0.322 e. The number of piperidine rings is 2. The number of rotatable bonds is 3. The zero-order valence-electron chi connectivity index (χ0n) is 10.7. The van der Waals surface area contributed by atoms with Crippen LogP contribution in [0.4, 0.5) is 0 Å². The maximum atomic E-state index is 12.5. The lowest BCUT2D eigenvalue weighted by molar-refractivity contribution is -0.142. The molecule has 0 bridgehead atoms. The van der Waals surface area contributed by atoms with Crippen LogP contribution < -0.4 is 0 Å². The number of aliphatic hydroxyl groups is 1. The summed E-state index contributed by atoms with van der Waals surface area (Å²) in [5.74, 6) is -1.10. The summed E-state index contributed by atoms with van der Waals surface area (Å²) in [7, 11) is -3.79. The molecule has 7 nitrogen and oxygen atoms in total. The number of carboxylic acids is 1. The van der Waals surface area contributed by atoms with Gasteiger partial charge >= 0.3 is 5.97 Å². The Hall–Kier alpha value is -0.700. The van der Waals surface area contributed by atoms with Crippen molar-refractivity contribution >= 4 is 16.2 Å². The van der Waals surface area contributed by atoms with E-state index in [2.05, 4.69) is 0 Å². The molecule has 0 radical (unpaired) electrons. The summed E-state index contributed by atoms with van der Waals surface area (Å²) in [4.78, 5) is 11.2. The topological polar surface area (TPSA) is 98.2 Å². The van der Waals surface area contributed by atoms with Crippen molar-refractivity contribution in [2.24, 2.45) is 0 Å². The molecule has 0 aromatic rings. The highest BCUT2D eigenvalue weighted by atomic mass is 32.2. The van der Waals surface area contributed by atoms with Crippen LogP contribution in [0.5, 0.6) is 0 Å². The van der Waals surface area contributed by atoms with Crippen LogP contribution in [0.15, 0.2) is 0 Å². The lowest BCUT2D eigenvalue weighted by atomic mass is 10.1. The van der Waals surface area contributed by atoms with E-state index in [1.165, 1.54) is 4.31 Å². The van der Waals surface area contributed by atoms with Gasteiger partial charge in [0.15, 0.2) is 0 Å². The third-order valence-corrected chi connectivity index (χ3v) is 5.73. The third kappa shape index (κ3) is 3.07. The van der Waals surface area contributed by atoms with Crippen molar-refractivity contribution in [3.63, 3.8) is 0 Å². The highest BCUT2D eigenvalue weighted by Gasteiger charge is 2.41. The molecule has 2 N–H and O–H groups in total. The molecule has 2 aliphatic heterocycles. The van der Waals surface area contributed by atoms with Gasteiger partial charge in [0.2, 0.25) is 0 Å². The van der Waals surface area contributed by atoms with Crippen molar-refractivity contribution in [1.29, 1.82) is 0 Å². The molecule has 2 heterocycles. The molecule has 2 atom stereocenters. The zero-order chi connectivity index (χ0) is 14.0. The van der Waals surface area contributed by atoms with Gasteiger partial charge in [-0.2, -0.15) is 17.0 Å². The van der Waals surface area contributed by atoms with Gasteiger partial charge in [-0.05, 0) is 32.1 Å². The smallest absolute Gasteiger partial charge is 0.322 e. The first-order chi connectivity index (χ1) is 8.93. The monoisotopic (exact) mass is 292 g/mol. The Morgan fingerprint density at radius 2 is 1.84 bits per heavy atom. The lowest BCUT2D eigenvalue weighted by Crippen LogP contribution is -2.55. The van der Waals surface area contributed by atoms with Crippen molar-refractivity contribution in [2.45, 2.75) is 44.2 Å². The largest absolute Gasteiger partial charge is 0.480 e. The quantitative estimate of drug-likeness (QED) is 0.739. The molecule has 0 spiro atoms. The summed E-state index contributed by atoms with van der Waals surface area (Å²) in [6, 6.07) is -0.974. The van der Waals surface area contributed by atoms with Gasteiger partial charge in [-0.25, -0.2) is 0 Å². The van der Waals surface area contributed by atoms with Crippen molar-refractivity contribution < 1.29 is 23.4 Å². The van der Waals surface area contributed by atoms with Gasteiger partial charge in [0, 0.05) is 19.6 Å². The van der Waals surface area contributed by atoms with E-state index in [4.69, 9.17) is 5.11 Å². The second-order valence-corrected chi connectivity index (χ2v) is 7.00. The van der Waals surface area contributed by atoms with E-state index < -0.39 is 28.3 Å². The SMILES string of the molecule is O=C(O)C1CCCCN1S(=O)(=O)N1CCCC(O)C1. The fourth-order valence-corrected chi connectivity index (χ4v) is 4.60. The molecule has 0 amide bonds. The van der Waals surface area contributed by atoms with Gasteiger partial charge in [-0.1, -0.05) is 0 Å². The molecule has 8 heteroatoms. The minimum absolute atomic E-state index is 0.0607. The van der Waals surface area contributed by atoms with E-state index in [9.17, 15) is 18.3 Å². The number of carbonyl (C=O) groups is 1. The number of aliphatic hydroxyl groups excluding tert-OH is 1. The molecule has 2 aliphatic rings. The molecule has 2 saturated heterocycles. The molecular weight excluding hydrogens is 272 g/mol. The van der Waals surface area contributed by atoms with E-state index in [0.717, 1.165) is 10.7 Å². The van der Waals surface area contributed by atoms with E-state index in [0.29, 0.717) is 32.2 Å². The van der Waals surface area contributed by atoms with Crippen LogP contribution in [0.2, 0.25) is 0 Å². The molecule has 0 aromatic carbocycles. The number of hydrogen-bond donors (Lipinski definition) is 2. The molecule has 2 unspecified atom stereocenters. The first-order valence-corrected chi connectivity index (χ1v) is 8.00. The summed E-state index contributed by atoms with van der Waals surface area (Å²) in [6.45, 7) is 0.652. The van der Waals surface area contributed by atoms with Crippen LogP contribution in [0, 0.1) is 0 Å². The fourth-order valence-electron chi connectivity index (χ4n) is 2.71. The number of carboxylic acid groups (broad SMARTS) is 1. The predicted octanol–water partition coefficient (Wildman–Crippen LogP) is -0.373. The molecule has 2 fully saturated rings. The molecule has 19 heavy (non-hydrogen) atoms. The summed E-state index contributed by atoms with van der Waals surface area (Å²) in [5.41, 5.74) is 0. The molecular formula is C11H20N2O5S. The number of nitrogens with zero attached hydrogens (tertiary/aromatic N) is 2. The van der Waals surface area contributed by atoms with Gasteiger partial charge in [-0.3, -0.25) is 4.79 Å². The fraction of sp³-hybridized carbons (Fsp3) is 0.909. The Bertz CT molecular complexity index is 438. The van der Waals surface area contributed by atoms with E-state index in [1.807, 2.05) is 0 Å². The average Bonchev–Trinajstić information content (AvgIpc) is 2.38. The summed E-state index contributed by atoms with van der Waals surface area (Å²) in [5, 5.41) is 18.7. The van der Waals surface area contributed by atoms with Gasteiger partial charge < -0.3 is 10.2 Å². The van der Waals surface area contributed by atoms with Crippen LogP contribution in [0.25, 0.3) is 0 Å².